The Morgan fingerprint density at radius 2 is 1.59 bits per heavy atom. The van der Waals surface area contributed by atoms with Gasteiger partial charge in [-0.15, -0.1) is 0 Å². The first kappa shape index (κ1) is 29.1. The second-order valence-corrected chi connectivity index (χ2v) is 11.2. The van der Waals surface area contributed by atoms with Gasteiger partial charge in [0.2, 0.25) is 10.0 Å². The van der Waals surface area contributed by atoms with E-state index >= 15 is 0 Å². The van der Waals surface area contributed by atoms with Crippen LogP contribution in [-0.2, 0) is 16.4 Å². The highest BCUT2D eigenvalue weighted by atomic mass is 35.5. The van der Waals surface area contributed by atoms with Crippen LogP contribution in [0.2, 0.25) is 5.02 Å². The van der Waals surface area contributed by atoms with Crippen molar-refractivity contribution in [2.75, 3.05) is 25.1 Å². The van der Waals surface area contributed by atoms with Crippen molar-refractivity contribution in [2.24, 2.45) is 0 Å². The van der Waals surface area contributed by atoms with Crippen LogP contribution in [-0.4, -0.2) is 44.0 Å². The molecule has 0 amide bonds. The van der Waals surface area contributed by atoms with E-state index in [0.717, 1.165) is 29.0 Å². The number of anilines is 1. The molecule has 1 fully saturated rings. The molecule has 0 aliphatic carbocycles. The molecular formula is C29H35ClN2O3S2. The first-order valence-electron chi connectivity index (χ1n) is 12.7. The van der Waals surface area contributed by atoms with Crippen LogP contribution in [0.3, 0.4) is 0 Å². The van der Waals surface area contributed by atoms with E-state index in [1.165, 1.54) is 0 Å². The van der Waals surface area contributed by atoms with Gasteiger partial charge in [0, 0.05) is 30.4 Å². The Labute approximate surface area is 232 Å². The summed E-state index contributed by atoms with van der Waals surface area (Å²) in [4.78, 5) is 3.07. The standard InChI is InChI=1S/C27H29ClN2O3S2.C2H6/c1-3-20-8-14-24(15-9-20)35(31,32)29-18-16-22(17-19-29)30(21-10-12-23(33-2)13-11-21)27(34)25-6-4-5-7-26(25)28;1-2/h4-15,22H,3,16-19H2,1-2H3;1-2H3. The molecule has 0 saturated carbocycles. The highest BCUT2D eigenvalue weighted by molar-refractivity contribution is 7.89. The molecule has 0 spiro atoms. The number of aryl methyl sites for hydroxylation is 1. The molecule has 198 valence electrons. The van der Waals surface area contributed by atoms with Gasteiger partial charge in [0.25, 0.3) is 0 Å². The fourth-order valence-corrected chi connectivity index (χ4v) is 6.57. The minimum Gasteiger partial charge on any atom is -0.497 e. The third kappa shape index (κ3) is 6.71. The van der Waals surface area contributed by atoms with Gasteiger partial charge >= 0.3 is 0 Å². The summed E-state index contributed by atoms with van der Waals surface area (Å²) in [6.07, 6.45) is 2.16. The van der Waals surface area contributed by atoms with Gasteiger partial charge in [0.1, 0.15) is 10.7 Å². The molecule has 3 aromatic rings. The number of hydrogen-bond donors (Lipinski definition) is 0. The van der Waals surface area contributed by atoms with Crippen LogP contribution in [0.15, 0.2) is 77.7 Å². The second-order valence-electron chi connectivity index (χ2n) is 8.49. The van der Waals surface area contributed by atoms with Crippen molar-refractivity contribution in [3.05, 3.63) is 88.9 Å². The number of methoxy groups -OCH3 is 1. The highest BCUT2D eigenvalue weighted by Gasteiger charge is 2.33. The van der Waals surface area contributed by atoms with Crippen molar-refractivity contribution in [3.63, 3.8) is 0 Å². The SMILES string of the molecule is CC.CCc1ccc(S(=O)(=O)N2CCC(N(C(=S)c3ccccc3Cl)c3ccc(OC)cc3)CC2)cc1. The number of benzene rings is 3. The average Bonchev–Trinajstić information content (AvgIpc) is 2.95. The zero-order valence-corrected chi connectivity index (χ0v) is 24.2. The Kier molecular flexibility index (Phi) is 10.5. The number of hydrogen-bond acceptors (Lipinski definition) is 4. The van der Waals surface area contributed by atoms with Crippen molar-refractivity contribution < 1.29 is 13.2 Å². The summed E-state index contributed by atoms with van der Waals surface area (Å²) in [7, 11) is -1.91. The lowest BCUT2D eigenvalue weighted by Crippen LogP contribution is -2.48. The molecule has 5 nitrogen and oxygen atoms in total. The van der Waals surface area contributed by atoms with E-state index in [1.807, 2.05) is 74.5 Å². The molecule has 3 aromatic carbocycles. The van der Waals surface area contributed by atoms with Gasteiger partial charge in [-0.2, -0.15) is 4.31 Å². The number of halogens is 1. The van der Waals surface area contributed by atoms with E-state index in [2.05, 4.69) is 11.8 Å². The number of rotatable bonds is 7. The number of ether oxygens (including phenoxy) is 1. The van der Waals surface area contributed by atoms with Crippen LogP contribution in [0.1, 0.15) is 44.7 Å². The molecule has 0 atom stereocenters. The van der Waals surface area contributed by atoms with Crippen molar-refractivity contribution >= 4 is 44.5 Å². The van der Waals surface area contributed by atoms with Gasteiger partial charge in [0.05, 0.1) is 17.0 Å². The Bertz CT molecular complexity index is 1270. The lowest BCUT2D eigenvalue weighted by atomic mass is 10.0. The van der Waals surface area contributed by atoms with Crippen molar-refractivity contribution in [2.45, 2.75) is 51.0 Å². The minimum absolute atomic E-state index is 0.0288. The predicted molar refractivity (Wildman–Crippen MR) is 158 cm³/mol. The van der Waals surface area contributed by atoms with Crippen LogP contribution in [0.25, 0.3) is 0 Å². The fraction of sp³-hybridized carbons (Fsp3) is 0.345. The third-order valence-corrected chi connectivity index (χ3v) is 9.09. The number of thiocarbonyl (C=S) groups is 1. The maximum atomic E-state index is 13.3. The molecule has 0 N–H and O–H groups in total. The molecule has 1 heterocycles. The first-order chi connectivity index (χ1) is 17.8. The van der Waals surface area contributed by atoms with Gasteiger partial charge in [-0.25, -0.2) is 8.42 Å². The van der Waals surface area contributed by atoms with Crippen LogP contribution in [0.4, 0.5) is 5.69 Å². The molecule has 8 heteroatoms. The maximum Gasteiger partial charge on any atom is 0.243 e. The Morgan fingerprint density at radius 1 is 1.00 bits per heavy atom. The summed E-state index contributed by atoms with van der Waals surface area (Å²) in [6, 6.07) is 22.5. The second kappa shape index (κ2) is 13.4. The molecule has 1 saturated heterocycles. The summed E-state index contributed by atoms with van der Waals surface area (Å²) in [5, 5.41) is 0.589. The number of sulfonamides is 1. The summed E-state index contributed by atoms with van der Waals surface area (Å²) in [5.74, 6) is 0.757. The van der Waals surface area contributed by atoms with Gasteiger partial charge in [0.15, 0.2) is 0 Å². The topological polar surface area (TPSA) is 49.9 Å². The third-order valence-electron chi connectivity index (χ3n) is 6.43. The lowest BCUT2D eigenvalue weighted by molar-refractivity contribution is 0.320. The Balaban J connectivity index is 0.00000186. The Morgan fingerprint density at radius 3 is 2.14 bits per heavy atom. The quantitative estimate of drug-likeness (QED) is 0.293. The smallest absolute Gasteiger partial charge is 0.243 e. The molecule has 1 aliphatic heterocycles. The van der Waals surface area contributed by atoms with Crippen molar-refractivity contribution in [3.8, 4) is 5.75 Å². The number of nitrogens with zero attached hydrogens (tertiary/aromatic N) is 2. The first-order valence-corrected chi connectivity index (χ1v) is 14.9. The zero-order valence-electron chi connectivity index (χ0n) is 21.9. The molecular weight excluding hydrogens is 524 g/mol. The summed E-state index contributed by atoms with van der Waals surface area (Å²) in [5.41, 5.74) is 2.82. The molecule has 0 unspecified atom stereocenters. The molecule has 4 rings (SSSR count). The summed E-state index contributed by atoms with van der Waals surface area (Å²) < 4.78 is 33.4. The number of piperidine rings is 1. The molecule has 0 bridgehead atoms. The molecule has 37 heavy (non-hydrogen) atoms. The lowest BCUT2D eigenvalue weighted by Gasteiger charge is -2.39. The Hall–Kier alpha value is -2.45. The predicted octanol–water partition coefficient (Wildman–Crippen LogP) is 6.97. The van der Waals surface area contributed by atoms with Crippen LogP contribution in [0.5, 0.6) is 5.75 Å². The largest absolute Gasteiger partial charge is 0.497 e. The normalized spacial score (nSPS) is 14.4. The van der Waals surface area contributed by atoms with Crippen LogP contribution >= 0.6 is 23.8 Å². The van der Waals surface area contributed by atoms with Crippen molar-refractivity contribution in [1.82, 2.24) is 4.31 Å². The van der Waals surface area contributed by atoms with E-state index in [0.29, 0.717) is 40.8 Å². The van der Waals surface area contributed by atoms with Gasteiger partial charge in [-0.3, -0.25) is 0 Å². The summed E-state index contributed by atoms with van der Waals surface area (Å²) >= 11 is 12.4. The highest BCUT2D eigenvalue weighted by Crippen LogP contribution is 2.31. The van der Waals surface area contributed by atoms with E-state index in [9.17, 15) is 8.42 Å². The van der Waals surface area contributed by atoms with Gasteiger partial charge < -0.3 is 9.64 Å². The average molecular weight is 559 g/mol. The van der Waals surface area contributed by atoms with E-state index < -0.39 is 10.0 Å². The van der Waals surface area contributed by atoms with E-state index in [1.54, 1.807) is 23.5 Å². The van der Waals surface area contributed by atoms with E-state index in [4.69, 9.17) is 28.6 Å². The van der Waals surface area contributed by atoms with Gasteiger partial charge in [-0.1, -0.05) is 74.9 Å². The monoisotopic (exact) mass is 558 g/mol. The molecule has 0 radical (unpaired) electrons. The summed E-state index contributed by atoms with van der Waals surface area (Å²) in [6.45, 7) is 6.89. The van der Waals surface area contributed by atoms with E-state index in [-0.39, 0.29) is 6.04 Å². The maximum absolute atomic E-state index is 13.3. The van der Waals surface area contributed by atoms with Crippen LogP contribution in [0, 0.1) is 0 Å². The molecule has 0 aromatic heterocycles. The van der Waals surface area contributed by atoms with Crippen molar-refractivity contribution in [1.29, 1.82) is 0 Å². The van der Waals surface area contributed by atoms with Crippen LogP contribution < -0.4 is 9.64 Å². The minimum atomic E-state index is -3.54. The zero-order chi connectivity index (χ0) is 27.0. The van der Waals surface area contributed by atoms with Gasteiger partial charge in [-0.05, 0) is 67.3 Å². The molecule has 1 aliphatic rings. The fourth-order valence-electron chi connectivity index (χ4n) is 4.39.